The maximum atomic E-state index is 11.1. The molecule has 0 amide bonds. The Labute approximate surface area is 98.7 Å². The SMILES string of the molecule is COc1cc(O)c(C(Cl)C(C)=O)cc1OC. The smallest absolute Gasteiger partial charge is 0.164 e. The quantitative estimate of drug-likeness (QED) is 0.826. The monoisotopic (exact) mass is 244 g/mol. The molecule has 0 aliphatic carbocycles. The van der Waals surface area contributed by atoms with Crippen LogP contribution in [0.3, 0.4) is 0 Å². The summed E-state index contributed by atoms with van der Waals surface area (Å²) in [6.45, 7) is 1.35. The summed E-state index contributed by atoms with van der Waals surface area (Å²) in [4.78, 5) is 11.1. The lowest BCUT2D eigenvalue weighted by Gasteiger charge is -2.13. The number of Topliss-reactive ketones (excluding diaryl/α,β-unsaturated/α-hetero) is 1. The first-order valence-corrected chi connectivity index (χ1v) is 5.04. The zero-order valence-electron chi connectivity index (χ0n) is 9.28. The fourth-order valence-corrected chi connectivity index (χ4v) is 1.48. The highest BCUT2D eigenvalue weighted by Crippen LogP contribution is 2.38. The Morgan fingerprint density at radius 2 is 1.81 bits per heavy atom. The van der Waals surface area contributed by atoms with Crippen molar-refractivity contribution >= 4 is 17.4 Å². The number of phenolic OH excluding ortho intramolecular Hbond substituents is 1. The first-order chi connectivity index (χ1) is 7.51. The molecule has 0 saturated heterocycles. The van der Waals surface area contributed by atoms with Gasteiger partial charge in [0.2, 0.25) is 0 Å². The molecule has 1 rings (SSSR count). The topological polar surface area (TPSA) is 55.8 Å². The van der Waals surface area contributed by atoms with Crippen LogP contribution in [0.5, 0.6) is 17.2 Å². The van der Waals surface area contributed by atoms with Crippen molar-refractivity contribution in [3.05, 3.63) is 17.7 Å². The van der Waals surface area contributed by atoms with Crippen LogP contribution in [0.4, 0.5) is 0 Å². The molecule has 0 spiro atoms. The van der Waals surface area contributed by atoms with Gasteiger partial charge >= 0.3 is 0 Å². The molecule has 0 aromatic heterocycles. The summed E-state index contributed by atoms with van der Waals surface area (Å²) in [5.41, 5.74) is 0.312. The molecule has 0 saturated carbocycles. The summed E-state index contributed by atoms with van der Waals surface area (Å²) in [6, 6.07) is 2.86. The first-order valence-electron chi connectivity index (χ1n) is 4.60. The third-order valence-corrected chi connectivity index (χ3v) is 2.71. The molecule has 4 nitrogen and oxygen atoms in total. The van der Waals surface area contributed by atoms with E-state index in [4.69, 9.17) is 21.1 Å². The van der Waals surface area contributed by atoms with Crippen LogP contribution in [0.25, 0.3) is 0 Å². The van der Waals surface area contributed by atoms with Gasteiger partial charge in [0, 0.05) is 11.6 Å². The van der Waals surface area contributed by atoms with E-state index < -0.39 is 5.38 Å². The second-order valence-corrected chi connectivity index (χ2v) is 3.68. The second-order valence-electron chi connectivity index (χ2n) is 3.24. The number of benzene rings is 1. The third-order valence-electron chi connectivity index (χ3n) is 2.16. The van der Waals surface area contributed by atoms with Gasteiger partial charge in [-0.25, -0.2) is 0 Å². The molecule has 0 aliphatic rings. The van der Waals surface area contributed by atoms with E-state index in [1.807, 2.05) is 0 Å². The number of rotatable bonds is 4. The molecule has 16 heavy (non-hydrogen) atoms. The van der Waals surface area contributed by atoms with E-state index in [1.165, 1.54) is 33.3 Å². The average Bonchev–Trinajstić information content (AvgIpc) is 2.27. The van der Waals surface area contributed by atoms with Gasteiger partial charge in [-0.05, 0) is 13.0 Å². The van der Waals surface area contributed by atoms with Gasteiger partial charge in [-0.2, -0.15) is 0 Å². The number of ketones is 1. The number of halogens is 1. The number of alkyl halides is 1. The van der Waals surface area contributed by atoms with Gasteiger partial charge in [-0.1, -0.05) is 0 Å². The van der Waals surface area contributed by atoms with E-state index in [0.717, 1.165) is 0 Å². The minimum Gasteiger partial charge on any atom is -0.507 e. The van der Waals surface area contributed by atoms with Crippen LogP contribution >= 0.6 is 11.6 Å². The van der Waals surface area contributed by atoms with Crippen molar-refractivity contribution in [2.45, 2.75) is 12.3 Å². The number of ether oxygens (including phenoxy) is 2. The maximum Gasteiger partial charge on any atom is 0.164 e. The molecule has 88 valence electrons. The lowest BCUT2D eigenvalue weighted by molar-refractivity contribution is -0.116. The third kappa shape index (κ3) is 2.39. The van der Waals surface area contributed by atoms with Gasteiger partial charge in [0.1, 0.15) is 11.1 Å². The lowest BCUT2D eigenvalue weighted by Crippen LogP contribution is -2.03. The predicted octanol–water partition coefficient (Wildman–Crippen LogP) is 2.28. The normalized spacial score (nSPS) is 12.0. The molecule has 1 atom stereocenters. The highest BCUT2D eigenvalue weighted by atomic mass is 35.5. The summed E-state index contributed by atoms with van der Waals surface area (Å²) < 4.78 is 10.1. The fourth-order valence-electron chi connectivity index (χ4n) is 1.31. The molecule has 1 aromatic carbocycles. The van der Waals surface area contributed by atoms with E-state index >= 15 is 0 Å². The molecule has 0 heterocycles. The second kappa shape index (κ2) is 5.07. The van der Waals surface area contributed by atoms with Crippen molar-refractivity contribution in [3.8, 4) is 17.2 Å². The van der Waals surface area contributed by atoms with Gasteiger partial charge in [0.25, 0.3) is 0 Å². The Balaban J connectivity index is 3.26. The van der Waals surface area contributed by atoms with Gasteiger partial charge in [0.05, 0.1) is 14.2 Å². The largest absolute Gasteiger partial charge is 0.507 e. The Morgan fingerprint density at radius 1 is 1.31 bits per heavy atom. The molecule has 0 aliphatic heterocycles. The van der Waals surface area contributed by atoms with E-state index in [-0.39, 0.29) is 11.5 Å². The van der Waals surface area contributed by atoms with Crippen LogP contribution in [-0.4, -0.2) is 25.1 Å². The number of aromatic hydroxyl groups is 1. The predicted molar refractivity (Wildman–Crippen MR) is 60.5 cm³/mol. The summed E-state index contributed by atoms with van der Waals surface area (Å²) in [7, 11) is 2.93. The molecular weight excluding hydrogens is 232 g/mol. The molecule has 1 N–H and O–H groups in total. The number of carbonyl (C=O) groups is 1. The Kier molecular flexibility index (Phi) is 4.01. The molecule has 1 unspecified atom stereocenters. The summed E-state index contributed by atoms with van der Waals surface area (Å²) in [6.07, 6.45) is 0. The molecule has 5 heteroatoms. The van der Waals surface area contributed by atoms with E-state index in [2.05, 4.69) is 0 Å². The average molecular weight is 245 g/mol. The maximum absolute atomic E-state index is 11.1. The van der Waals surface area contributed by atoms with Crippen molar-refractivity contribution in [1.82, 2.24) is 0 Å². The van der Waals surface area contributed by atoms with Gasteiger partial charge in [-0.15, -0.1) is 11.6 Å². The molecular formula is C11H13ClO4. The standard InChI is InChI=1S/C11H13ClO4/c1-6(13)11(12)7-4-9(15-2)10(16-3)5-8(7)14/h4-5,11,14H,1-3H3. The van der Waals surface area contributed by atoms with Crippen molar-refractivity contribution in [3.63, 3.8) is 0 Å². The zero-order valence-corrected chi connectivity index (χ0v) is 10.0. The van der Waals surface area contributed by atoms with Gasteiger partial charge in [0.15, 0.2) is 17.3 Å². The summed E-state index contributed by atoms with van der Waals surface area (Å²) >= 11 is 5.86. The Hall–Kier alpha value is -1.42. The molecule has 0 fully saturated rings. The van der Waals surface area contributed by atoms with Crippen molar-refractivity contribution in [1.29, 1.82) is 0 Å². The summed E-state index contributed by atoms with van der Waals surface area (Å²) in [5.74, 6) is 0.468. The minimum absolute atomic E-state index is 0.0900. The fraction of sp³-hybridized carbons (Fsp3) is 0.364. The van der Waals surface area contributed by atoms with Crippen LogP contribution in [0.15, 0.2) is 12.1 Å². The minimum atomic E-state index is -0.889. The number of hydrogen-bond donors (Lipinski definition) is 1. The zero-order chi connectivity index (χ0) is 12.3. The number of phenols is 1. The lowest BCUT2D eigenvalue weighted by atomic mass is 10.1. The van der Waals surface area contributed by atoms with E-state index in [1.54, 1.807) is 0 Å². The van der Waals surface area contributed by atoms with Crippen molar-refractivity contribution in [2.24, 2.45) is 0 Å². The van der Waals surface area contributed by atoms with Crippen molar-refractivity contribution in [2.75, 3.05) is 14.2 Å². The van der Waals surface area contributed by atoms with E-state index in [0.29, 0.717) is 17.1 Å². The molecule has 0 bridgehead atoms. The molecule has 0 radical (unpaired) electrons. The van der Waals surface area contributed by atoms with Crippen LogP contribution in [-0.2, 0) is 4.79 Å². The van der Waals surface area contributed by atoms with Crippen LogP contribution in [0, 0.1) is 0 Å². The number of hydrogen-bond acceptors (Lipinski definition) is 4. The van der Waals surface area contributed by atoms with Gasteiger partial charge < -0.3 is 14.6 Å². The highest BCUT2D eigenvalue weighted by molar-refractivity contribution is 6.31. The first kappa shape index (κ1) is 12.6. The Morgan fingerprint density at radius 3 is 2.25 bits per heavy atom. The molecule has 1 aromatic rings. The Bertz CT molecular complexity index is 403. The van der Waals surface area contributed by atoms with Crippen molar-refractivity contribution < 1.29 is 19.4 Å². The van der Waals surface area contributed by atoms with Crippen LogP contribution in [0.1, 0.15) is 17.9 Å². The van der Waals surface area contributed by atoms with Crippen LogP contribution in [0.2, 0.25) is 0 Å². The number of carbonyl (C=O) groups excluding carboxylic acids is 1. The number of methoxy groups -OCH3 is 2. The highest BCUT2D eigenvalue weighted by Gasteiger charge is 2.20. The van der Waals surface area contributed by atoms with Gasteiger partial charge in [-0.3, -0.25) is 4.79 Å². The van der Waals surface area contributed by atoms with Crippen LogP contribution < -0.4 is 9.47 Å². The summed E-state index contributed by atoms with van der Waals surface area (Å²) in [5, 5.41) is 8.80. The van der Waals surface area contributed by atoms with E-state index in [9.17, 15) is 9.90 Å².